The second-order valence-electron chi connectivity index (χ2n) is 9.03. The van der Waals surface area contributed by atoms with E-state index in [-0.39, 0.29) is 5.56 Å². The van der Waals surface area contributed by atoms with Gasteiger partial charge in [0.15, 0.2) is 6.23 Å². The van der Waals surface area contributed by atoms with Crippen molar-refractivity contribution >= 4 is 30.0 Å². The lowest BCUT2D eigenvalue weighted by molar-refractivity contribution is -0.104. The van der Waals surface area contributed by atoms with E-state index < -0.39 is 12.0 Å². The molecular formula is C35H38FN3O3. The molecule has 0 aliphatic heterocycles. The zero-order valence-corrected chi connectivity index (χ0v) is 24.2. The fourth-order valence-electron chi connectivity index (χ4n) is 3.94. The second-order valence-corrected chi connectivity index (χ2v) is 9.03. The fourth-order valence-corrected chi connectivity index (χ4v) is 3.94. The first-order chi connectivity index (χ1) is 20.3. The number of aliphatic hydroxyl groups is 1. The van der Waals surface area contributed by atoms with E-state index in [1.54, 1.807) is 62.8 Å². The van der Waals surface area contributed by atoms with Crippen LogP contribution in [0.4, 0.5) is 15.8 Å². The van der Waals surface area contributed by atoms with E-state index in [1.807, 2.05) is 12.1 Å². The summed E-state index contributed by atoms with van der Waals surface area (Å²) in [5.41, 5.74) is 11.0. The maximum Gasteiger partial charge on any atom is 0.159 e. The monoisotopic (exact) mass is 567 g/mol. The van der Waals surface area contributed by atoms with Gasteiger partial charge in [-0.15, -0.1) is 0 Å². The summed E-state index contributed by atoms with van der Waals surface area (Å²) in [4.78, 5) is 12.0. The van der Waals surface area contributed by atoms with Crippen molar-refractivity contribution in [3.05, 3.63) is 138 Å². The molecule has 0 aliphatic rings. The van der Waals surface area contributed by atoms with Gasteiger partial charge in [0, 0.05) is 42.9 Å². The Morgan fingerprint density at radius 1 is 1.00 bits per heavy atom. The number of carbonyl (C=O) groups excluding carboxylic acids is 1. The lowest BCUT2D eigenvalue weighted by atomic mass is 10.00. The van der Waals surface area contributed by atoms with Crippen LogP contribution < -0.4 is 10.6 Å². The molecule has 4 aromatic carbocycles. The van der Waals surface area contributed by atoms with Crippen molar-refractivity contribution in [1.82, 2.24) is 0 Å². The molecule has 0 spiro atoms. The number of allylic oxidation sites excluding steroid dienone is 1. The molecule has 6 nitrogen and oxygen atoms in total. The fraction of sp³-hybridized carbons (Fsp3) is 0.143. The Bertz CT molecular complexity index is 1470. The number of methoxy groups -OCH3 is 1. The highest BCUT2D eigenvalue weighted by molar-refractivity contribution is 5.87. The SMILES string of the molecule is C=CN(c1cccc(/C=C/C=O)c1)C(O)c1ccc(-c2ccc(N)c(C=N)c2)cc1F.CCc1ccccc1.COC. The maximum atomic E-state index is 15.0. The molecule has 0 amide bonds. The molecule has 42 heavy (non-hydrogen) atoms. The topological polar surface area (TPSA) is 99.6 Å². The molecule has 0 aromatic heterocycles. The van der Waals surface area contributed by atoms with Crippen molar-refractivity contribution in [1.29, 1.82) is 5.41 Å². The number of nitrogens with zero attached hydrogens (tertiary/aromatic N) is 1. The van der Waals surface area contributed by atoms with Crippen LogP contribution in [0.5, 0.6) is 0 Å². The van der Waals surface area contributed by atoms with Crippen LogP contribution in [0.25, 0.3) is 17.2 Å². The number of benzene rings is 4. The van der Waals surface area contributed by atoms with E-state index in [2.05, 4.69) is 42.5 Å². The Balaban J connectivity index is 0.000000471. The van der Waals surface area contributed by atoms with Gasteiger partial charge in [-0.2, -0.15) is 0 Å². The largest absolute Gasteiger partial charge is 0.398 e. The highest BCUT2D eigenvalue weighted by Gasteiger charge is 2.20. The van der Waals surface area contributed by atoms with Crippen molar-refractivity contribution in [3.8, 4) is 11.1 Å². The normalized spacial score (nSPS) is 10.9. The number of hydrogen-bond acceptors (Lipinski definition) is 6. The first-order valence-corrected chi connectivity index (χ1v) is 13.3. The van der Waals surface area contributed by atoms with Gasteiger partial charge >= 0.3 is 0 Å². The summed E-state index contributed by atoms with van der Waals surface area (Å²) in [5, 5.41) is 18.3. The first-order valence-electron chi connectivity index (χ1n) is 13.3. The minimum atomic E-state index is -1.31. The number of nitrogens with two attached hydrogens (primary N) is 1. The number of rotatable bonds is 9. The Labute approximate surface area is 247 Å². The van der Waals surface area contributed by atoms with E-state index in [1.165, 1.54) is 34.9 Å². The molecule has 0 fully saturated rings. The van der Waals surface area contributed by atoms with Gasteiger partial charge in [0.2, 0.25) is 0 Å². The number of nitrogens with one attached hydrogen (secondary N) is 1. The summed E-state index contributed by atoms with van der Waals surface area (Å²) in [6, 6.07) is 27.2. The van der Waals surface area contributed by atoms with Crippen molar-refractivity contribution in [3.63, 3.8) is 0 Å². The molecule has 0 saturated carbocycles. The summed E-state index contributed by atoms with van der Waals surface area (Å²) in [6.07, 6.45) is 6.07. The van der Waals surface area contributed by atoms with E-state index in [9.17, 15) is 14.3 Å². The van der Waals surface area contributed by atoms with E-state index >= 15 is 0 Å². The molecule has 4 N–H and O–H groups in total. The number of hydrogen-bond donors (Lipinski definition) is 3. The third-order valence-corrected chi connectivity index (χ3v) is 6.10. The molecule has 0 aliphatic carbocycles. The summed E-state index contributed by atoms with van der Waals surface area (Å²) >= 11 is 0. The van der Waals surface area contributed by atoms with Gasteiger partial charge in [-0.05, 0) is 71.3 Å². The van der Waals surface area contributed by atoms with Crippen LogP contribution in [-0.2, 0) is 16.0 Å². The lowest BCUT2D eigenvalue weighted by Gasteiger charge is -2.27. The van der Waals surface area contributed by atoms with Crippen LogP contribution in [0.1, 0.15) is 35.4 Å². The third kappa shape index (κ3) is 9.66. The lowest BCUT2D eigenvalue weighted by Crippen LogP contribution is -2.23. The van der Waals surface area contributed by atoms with Crippen molar-refractivity contribution in [2.45, 2.75) is 19.6 Å². The predicted molar refractivity (Wildman–Crippen MR) is 172 cm³/mol. The van der Waals surface area contributed by atoms with Gasteiger partial charge in [0.1, 0.15) is 12.1 Å². The molecule has 4 rings (SSSR count). The highest BCUT2D eigenvalue weighted by Crippen LogP contribution is 2.31. The van der Waals surface area contributed by atoms with Crippen LogP contribution in [-0.4, -0.2) is 31.8 Å². The van der Waals surface area contributed by atoms with Crippen molar-refractivity contribution in [2.75, 3.05) is 24.9 Å². The summed E-state index contributed by atoms with van der Waals surface area (Å²) in [5.74, 6) is -0.581. The van der Waals surface area contributed by atoms with Crippen LogP contribution in [0, 0.1) is 11.2 Å². The molecule has 0 saturated heterocycles. The Hall–Kier alpha value is -4.85. The summed E-state index contributed by atoms with van der Waals surface area (Å²) < 4.78 is 19.2. The van der Waals surface area contributed by atoms with Crippen LogP contribution in [0.2, 0.25) is 0 Å². The smallest absolute Gasteiger partial charge is 0.159 e. The van der Waals surface area contributed by atoms with Gasteiger partial charge in [0.05, 0.1) is 0 Å². The summed E-state index contributed by atoms with van der Waals surface area (Å²) in [7, 11) is 3.25. The maximum absolute atomic E-state index is 15.0. The molecule has 218 valence electrons. The molecule has 7 heteroatoms. The summed E-state index contributed by atoms with van der Waals surface area (Å²) in [6.45, 7) is 5.90. The zero-order valence-electron chi connectivity index (χ0n) is 24.2. The van der Waals surface area contributed by atoms with E-state index in [0.29, 0.717) is 34.4 Å². The molecule has 0 heterocycles. The number of aliphatic hydroxyl groups excluding tert-OH is 1. The van der Waals surface area contributed by atoms with Gasteiger partial charge in [-0.25, -0.2) is 4.39 Å². The number of aryl methyl sites for hydroxylation is 1. The van der Waals surface area contributed by atoms with Crippen molar-refractivity contribution < 1.29 is 19.0 Å². The highest BCUT2D eigenvalue weighted by atomic mass is 19.1. The third-order valence-electron chi connectivity index (χ3n) is 6.10. The number of anilines is 2. The Morgan fingerprint density at radius 2 is 1.67 bits per heavy atom. The predicted octanol–water partition coefficient (Wildman–Crippen LogP) is 7.44. The molecular weight excluding hydrogens is 529 g/mol. The Kier molecular flexibility index (Phi) is 14.1. The van der Waals surface area contributed by atoms with Crippen LogP contribution in [0.15, 0.2) is 110 Å². The number of carbonyl (C=O) groups is 1. The quantitative estimate of drug-likeness (QED) is 0.0642. The second kappa shape index (κ2) is 17.8. The number of halogens is 1. The number of nitrogen functional groups attached to an aromatic ring is 1. The van der Waals surface area contributed by atoms with Gasteiger partial charge in [-0.1, -0.05) is 80.2 Å². The average molecular weight is 568 g/mol. The number of ether oxygens (including phenoxy) is 1. The zero-order chi connectivity index (χ0) is 30.9. The van der Waals surface area contributed by atoms with Gasteiger partial charge in [-0.3, -0.25) is 4.79 Å². The average Bonchev–Trinajstić information content (AvgIpc) is 3.02. The molecule has 1 atom stereocenters. The van der Waals surface area contributed by atoms with Gasteiger partial charge in [0.25, 0.3) is 0 Å². The molecule has 0 radical (unpaired) electrons. The number of aldehydes is 1. The van der Waals surface area contributed by atoms with Crippen LogP contribution in [0.3, 0.4) is 0 Å². The molecule has 0 bridgehead atoms. The van der Waals surface area contributed by atoms with E-state index in [4.69, 9.17) is 11.1 Å². The standard InChI is InChI=1S/C25H22FN3O2.C8H10.C2H6O/c1-2-29(21-7-3-5-17(13-21)6-4-12-30)25(31)22-10-8-19(15-23(22)26)18-9-11-24(28)20(14-18)16-27;1-2-8-6-4-3-5-7-8;1-3-2/h2-16,25,27,31H,1,28H2;3-7H,2H2,1H3;1-2H3/b6-4+,27-16?;;. The van der Waals surface area contributed by atoms with Crippen molar-refractivity contribution in [2.24, 2.45) is 0 Å². The molecule has 1 unspecified atom stereocenters. The van der Waals surface area contributed by atoms with Gasteiger partial charge < -0.3 is 25.9 Å². The first kappa shape index (κ1) is 33.4. The minimum absolute atomic E-state index is 0.0835. The Morgan fingerprint density at radius 3 is 2.24 bits per heavy atom. The van der Waals surface area contributed by atoms with E-state index in [0.717, 1.165) is 18.2 Å². The van der Waals surface area contributed by atoms with Crippen LogP contribution >= 0.6 is 0 Å². The molecule has 4 aromatic rings. The minimum Gasteiger partial charge on any atom is -0.398 e.